The van der Waals surface area contributed by atoms with Gasteiger partial charge in [0.15, 0.2) is 0 Å². The topological polar surface area (TPSA) is 88.2 Å². The number of nitrogens with one attached hydrogen (secondary N) is 1. The molecule has 1 N–H and O–H groups in total. The van der Waals surface area contributed by atoms with Crippen LogP contribution in [-0.2, 0) is 22.3 Å². The maximum absolute atomic E-state index is 12.4. The first-order chi connectivity index (χ1) is 9.92. The third-order valence-corrected chi connectivity index (χ3v) is 4.88. The SMILES string of the molecule is COc1ccc(Cl)cc1CS(=O)(=O)N(C)Cc1ncn[nH]1. The molecule has 0 atom stereocenters. The molecule has 1 heterocycles. The van der Waals surface area contributed by atoms with Crippen LogP contribution in [0.1, 0.15) is 11.4 Å². The standard InChI is InChI=1S/C12H15ClN4O3S/c1-17(6-12-14-8-15-16-12)21(18,19)7-9-5-10(13)3-4-11(9)20-2/h3-5,8H,6-7H2,1-2H3,(H,14,15,16). The summed E-state index contributed by atoms with van der Waals surface area (Å²) in [5.74, 6) is 0.747. The van der Waals surface area contributed by atoms with Crippen LogP contribution < -0.4 is 4.74 Å². The summed E-state index contributed by atoms with van der Waals surface area (Å²) in [4.78, 5) is 3.91. The van der Waals surface area contributed by atoms with Crippen molar-refractivity contribution < 1.29 is 13.2 Å². The van der Waals surface area contributed by atoms with Gasteiger partial charge in [-0.1, -0.05) is 11.6 Å². The zero-order valence-electron chi connectivity index (χ0n) is 11.6. The number of aromatic amines is 1. The molecule has 1 aromatic heterocycles. The molecular formula is C12H15ClN4O3S. The average Bonchev–Trinajstić information content (AvgIpc) is 2.91. The minimum Gasteiger partial charge on any atom is -0.496 e. The fourth-order valence-corrected chi connectivity index (χ4v) is 3.14. The molecular weight excluding hydrogens is 316 g/mol. The van der Waals surface area contributed by atoms with Gasteiger partial charge in [0.2, 0.25) is 10.0 Å². The first-order valence-corrected chi connectivity index (χ1v) is 8.02. The lowest BCUT2D eigenvalue weighted by Crippen LogP contribution is -2.28. The van der Waals surface area contributed by atoms with E-state index < -0.39 is 10.0 Å². The maximum Gasteiger partial charge on any atom is 0.218 e. The van der Waals surface area contributed by atoms with Gasteiger partial charge in [0.1, 0.15) is 17.9 Å². The van der Waals surface area contributed by atoms with Crippen LogP contribution in [0.15, 0.2) is 24.5 Å². The van der Waals surface area contributed by atoms with Gasteiger partial charge in [0.05, 0.1) is 19.4 Å². The van der Waals surface area contributed by atoms with Crippen molar-refractivity contribution in [3.63, 3.8) is 0 Å². The number of nitrogens with zero attached hydrogens (tertiary/aromatic N) is 3. The monoisotopic (exact) mass is 330 g/mol. The molecule has 0 radical (unpaired) electrons. The molecule has 0 amide bonds. The van der Waals surface area contributed by atoms with Crippen LogP contribution in [0.2, 0.25) is 5.02 Å². The van der Waals surface area contributed by atoms with Crippen molar-refractivity contribution in [2.75, 3.05) is 14.2 Å². The third-order valence-electron chi connectivity index (χ3n) is 2.89. The van der Waals surface area contributed by atoms with Crippen molar-refractivity contribution in [2.24, 2.45) is 0 Å². The quantitative estimate of drug-likeness (QED) is 0.865. The first-order valence-electron chi connectivity index (χ1n) is 6.03. The van der Waals surface area contributed by atoms with Gasteiger partial charge in [-0.2, -0.15) is 9.40 Å². The Balaban J connectivity index is 2.19. The molecule has 0 bridgehead atoms. The second-order valence-electron chi connectivity index (χ2n) is 4.40. The van der Waals surface area contributed by atoms with Gasteiger partial charge < -0.3 is 4.74 Å². The number of H-pyrrole nitrogens is 1. The number of halogens is 1. The van der Waals surface area contributed by atoms with Crippen LogP contribution in [0.4, 0.5) is 0 Å². The molecule has 114 valence electrons. The highest BCUT2D eigenvalue weighted by molar-refractivity contribution is 7.88. The molecule has 1 aromatic carbocycles. The molecule has 0 spiro atoms. The smallest absolute Gasteiger partial charge is 0.218 e. The summed E-state index contributed by atoms with van der Waals surface area (Å²) in [5, 5.41) is 6.77. The lowest BCUT2D eigenvalue weighted by Gasteiger charge is -2.17. The second-order valence-corrected chi connectivity index (χ2v) is 6.91. The minimum atomic E-state index is -3.53. The fraction of sp³-hybridized carbons (Fsp3) is 0.333. The molecule has 2 rings (SSSR count). The van der Waals surface area contributed by atoms with Gasteiger partial charge in [0.25, 0.3) is 0 Å². The predicted octanol–water partition coefficient (Wildman–Crippen LogP) is 1.43. The summed E-state index contributed by atoms with van der Waals surface area (Å²) in [5.41, 5.74) is 0.509. The van der Waals surface area contributed by atoms with Gasteiger partial charge in [0, 0.05) is 17.6 Å². The number of hydrogen-bond donors (Lipinski definition) is 1. The van der Waals surface area contributed by atoms with E-state index in [1.807, 2.05) is 0 Å². The van der Waals surface area contributed by atoms with Crippen molar-refractivity contribution in [1.29, 1.82) is 0 Å². The Hall–Kier alpha value is -1.64. The van der Waals surface area contributed by atoms with E-state index in [-0.39, 0.29) is 12.3 Å². The second kappa shape index (κ2) is 6.42. The van der Waals surface area contributed by atoms with E-state index in [9.17, 15) is 8.42 Å². The fourth-order valence-electron chi connectivity index (χ4n) is 1.78. The van der Waals surface area contributed by atoms with Crippen LogP contribution in [0.5, 0.6) is 5.75 Å². The number of aromatic nitrogens is 3. The molecule has 0 fully saturated rings. The zero-order valence-corrected chi connectivity index (χ0v) is 13.1. The summed E-state index contributed by atoms with van der Waals surface area (Å²) < 4.78 is 31.1. The van der Waals surface area contributed by atoms with Crippen molar-refractivity contribution in [2.45, 2.75) is 12.3 Å². The number of rotatable bonds is 6. The van der Waals surface area contributed by atoms with Crippen molar-refractivity contribution in [3.05, 3.63) is 40.9 Å². The summed E-state index contributed by atoms with van der Waals surface area (Å²) in [6.07, 6.45) is 1.33. The van der Waals surface area contributed by atoms with E-state index >= 15 is 0 Å². The molecule has 9 heteroatoms. The number of sulfonamides is 1. The Bertz CT molecular complexity index is 703. The summed E-state index contributed by atoms with van der Waals surface area (Å²) in [6.45, 7) is 0.116. The molecule has 0 unspecified atom stereocenters. The summed E-state index contributed by atoms with van der Waals surface area (Å²) in [7, 11) is -0.567. The van der Waals surface area contributed by atoms with Crippen LogP contribution in [0.25, 0.3) is 0 Å². The summed E-state index contributed by atoms with van der Waals surface area (Å²) in [6, 6.07) is 4.87. The van der Waals surface area contributed by atoms with E-state index in [2.05, 4.69) is 15.2 Å². The van der Waals surface area contributed by atoms with Crippen LogP contribution >= 0.6 is 11.6 Å². The Labute approximate surface area is 128 Å². The zero-order chi connectivity index (χ0) is 15.5. The van der Waals surface area contributed by atoms with Gasteiger partial charge in [-0.25, -0.2) is 13.4 Å². The third kappa shape index (κ3) is 3.93. The largest absolute Gasteiger partial charge is 0.496 e. The number of methoxy groups -OCH3 is 1. The highest BCUT2D eigenvalue weighted by Gasteiger charge is 2.21. The van der Waals surface area contributed by atoms with E-state index in [0.717, 1.165) is 0 Å². The molecule has 0 aliphatic carbocycles. The Morgan fingerprint density at radius 1 is 1.43 bits per heavy atom. The number of hydrogen-bond acceptors (Lipinski definition) is 5. The molecule has 2 aromatic rings. The maximum atomic E-state index is 12.4. The molecule has 21 heavy (non-hydrogen) atoms. The molecule has 7 nitrogen and oxygen atoms in total. The average molecular weight is 331 g/mol. The highest BCUT2D eigenvalue weighted by Crippen LogP contribution is 2.25. The molecule has 0 saturated carbocycles. The Kier molecular flexibility index (Phi) is 4.81. The lowest BCUT2D eigenvalue weighted by atomic mass is 10.2. The van der Waals surface area contributed by atoms with E-state index in [1.54, 1.807) is 18.2 Å². The van der Waals surface area contributed by atoms with Crippen molar-refractivity contribution in [3.8, 4) is 5.75 Å². The summed E-state index contributed by atoms with van der Waals surface area (Å²) >= 11 is 5.91. The van der Waals surface area contributed by atoms with E-state index in [0.29, 0.717) is 22.2 Å². The van der Waals surface area contributed by atoms with Gasteiger partial charge >= 0.3 is 0 Å². The predicted molar refractivity (Wildman–Crippen MR) is 78.5 cm³/mol. The van der Waals surface area contributed by atoms with Gasteiger partial charge in [-0.3, -0.25) is 5.10 Å². The van der Waals surface area contributed by atoms with Crippen molar-refractivity contribution >= 4 is 21.6 Å². The lowest BCUT2D eigenvalue weighted by molar-refractivity contribution is 0.409. The highest BCUT2D eigenvalue weighted by atomic mass is 35.5. The Morgan fingerprint density at radius 2 is 2.19 bits per heavy atom. The van der Waals surface area contributed by atoms with E-state index in [1.165, 1.54) is 24.8 Å². The van der Waals surface area contributed by atoms with Crippen molar-refractivity contribution in [1.82, 2.24) is 19.5 Å². The molecule has 0 saturated heterocycles. The minimum absolute atomic E-state index is 0.116. The molecule has 0 aliphatic rings. The van der Waals surface area contributed by atoms with Crippen LogP contribution in [-0.4, -0.2) is 42.1 Å². The first kappa shape index (κ1) is 15.7. The molecule has 0 aliphatic heterocycles. The van der Waals surface area contributed by atoms with Gasteiger partial charge in [-0.15, -0.1) is 0 Å². The number of benzene rings is 1. The number of ether oxygens (including phenoxy) is 1. The van der Waals surface area contributed by atoms with Crippen LogP contribution in [0, 0.1) is 0 Å². The normalized spacial score (nSPS) is 11.8. The van der Waals surface area contributed by atoms with Gasteiger partial charge in [-0.05, 0) is 18.2 Å². The van der Waals surface area contributed by atoms with E-state index in [4.69, 9.17) is 16.3 Å². The Morgan fingerprint density at radius 3 is 2.81 bits per heavy atom. The van der Waals surface area contributed by atoms with Crippen LogP contribution in [0.3, 0.4) is 0 Å².